The number of hydrogen-bond acceptors (Lipinski definition) is 2. The van der Waals surface area contributed by atoms with Gasteiger partial charge in [-0.25, -0.2) is 13.2 Å². The third-order valence-electron chi connectivity index (χ3n) is 1.56. The molecule has 0 N–H and O–H groups in total. The maximum atomic E-state index is 12.7. The fraction of sp³-hybridized carbons (Fsp3) is 0. The molecule has 1 aromatic carbocycles. The van der Waals surface area contributed by atoms with E-state index in [0.29, 0.717) is 12.1 Å². The van der Waals surface area contributed by atoms with Crippen molar-refractivity contribution in [2.75, 3.05) is 0 Å². The van der Waals surface area contributed by atoms with Gasteiger partial charge in [-0.3, -0.25) is 0 Å². The Balaban J connectivity index is 3.26. The second-order valence-electron chi connectivity index (χ2n) is 2.58. The summed E-state index contributed by atoms with van der Waals surface area (Å²) in [5.41, 5.74) is -0.398. The van der Waals surface area contributed by atoms with E-state index in [4.69, 9.17) is 10.5 Å². The summed E-state index contributed by atoms with van der Waals surface area (Å²) in [5.74, 6) is -4.31. The van der Waals surface area contributed by atoms with Crippen LogP contribution in [0.1, 0.15) is 5.56 Å². The molecule has 0 saturated heterocycles. The van der Waals surface area contributed by atoms with Crippen LogP contribution in [0.3, 0.4) is 0 Å². The van der Waals surface area contributed by atoms with Gasteiger partial charge in [0.05, 0.1) is 0 Å². The summed E-state index contributed by atoms with van der Waals surface area (Å²) in [6.07, 6.45) is 0.964. The number of nitrogens with zero attached hydrogens (tertiary/aromatic N) is 2. The Bertz CT molecular complexity index is 467. The number of hydrogen-bond donors (Lipinski definition) is 0. The highest BCUT2D eigenvalue weighted by Gasteiger charge is 2.09. The molecule has 0 spiro atoms. The molecule has 74 valence electrons. The second-order valence-corrected chi connectivity index (χ2v) is 2.58. The van der Waals surface area contributed by atoms with Crippen LogP contribution in [0.25, 0.3) is 6.08 Å². The van der Waals surface area contributed by atoms with E-state index in [1.54, 1.807) is 0 Å². The molecular formula is C10H3F3N2. The van der Waals surface area contributed by atoms with E-state index in [1.807, 2.05) is 0 Å². The molecule has 0 aromatic heterocycles. The summed E-state index contributed by atoms with van der Waals surface area (Å²) in [7, 11) is 0. The number of rotatable bonds is 1. The zero-order valence-corrected chi connectivity index (χ0v) is 7.26. The Labute approximate surface area is 83.5 Å². The molecular weight excluding hydrogens is 205 g/mol. The van der Waals surface area contributed by atoms with Crippen molar-refractivity contribution >= 4 is 6.08 Å². The normalized spacial score (nSPS) is 8.87. The van der Waals surface area contributed by atoms with Crippen LogP contribution >= 0.6 is 0 Å². The zero-order chi connectivity index (χ0) is 11.4. The minimum atomic E-state index is -1.58. The maximum Gasteiger partial charge on any atom is 0.194 e. The average molecular weight is 208 g/mol. The van der Waals surface area contributed by atoms with Crippen LogP contribution < -0.4 is 0 Å². The van der Waals surface area contributed by atoms with E-state index in [1.165, 1.54) is 12.1 Å². The number of halogens is 3. The molecule has 0 fully saturated rings. The van der Waals surface area contributed by atoms with Gasteiger partial charge >= 0.3 is 0 Å². The van der Waals surface area contributed by atoms with E-state index in [9.17, 15) is 13.2 Å². The van der Waals surface area contributed by atoms with Crippen molar-refractivity contribution in [2.24, 2.45) is 0 Å². The molecule has 1 rings (SSSR count). The van der Waals surface area contributed by atoms with Crippen LogP contribution in [0.5, 0.6) is 0 Å². The Morgan fingerprint density at radius 3 is 1.93 bits per heavy atom. The standard InChI is InChI=1S/C10H3F3N2/c11-8-2-6(1-7(4-14)5-15)3-9(12)10(8)13/h1-3H. The van der Waals surface area contributed by atoms with E-state index in [0.717, 1.165) is 6.08 Å². The van der Waals surface area contributed by atoms with E-state index in [-0.39, 0.29) is 11.1 Å². The van der Waals surface area contributed by atoms with Crippen molar-refractivity contribution in [1.82, 2.24) is 0 Å². The van der Waals surface area contributed by atoms with Gasteiger partial charge in [0.1, 0.15) is 17.7 Å². The third kappa shape index (κ3) is 2.35. The Morgan fingerprint density at radius 1 is 1.07 bits per heavy atom. The van der Waals surface area contributed by atoms with E-state index >= 15 is 0 Å². The minimum Gasteiger partial charge on any atom is -0.204 e. The van der Waals surface area contributed by atoms with Gasteiger partial charge in [0, 0.05) is 0 Å². The summed E-state index contributed by atoms with van der Waals surface area (Å²) < 4.78 is 37.9. The molecule has 5 heteroatoms. The van der Waals surface area contributed by atoms with Crippen molar-refractivity contribution in [1.29, 1.82) is 10.5 Å². The SMILES string of the molecule is N#CC(C#N)=Cc1cc(F)c(F)c(F)c1. The predicted molar refractivity (Wildman–Crippen MR) is 45.5 cm³/mol. The van der Waals surface area contributed by atoms with Gasteiger partial charge in [0.2, 0.25) is 0 Å². The highest BCUT2D eigenvalue weighted by atomic mass is 19.2. The molecule has 0 aliphatic heterocycles. The first-order valence-corrected chi connectivity index (χ1v) is 3.75. The van der Waals surface area contributed by atoms with Crippen LogP contribution in [0.4, 0.5) is 13.2 Å². The van der Waals surface area contributed by atoms with Crippen molar-refractivity contribution in [3.05, 3.63) is 40.7 Å². The zero-order valence-electron chi connectivity index (χ0n) is 7.26. The number of allylic oxidation sites excluding steroid dienone is 1. The number of nitriles is 2. The Hall–Kier alpha value is -2.27. The molecule has 0 aliphatic rings. The van der Waals surface area contributed by atoms with E-state index < -0.39 is 17.5 Å². The fourth-order valence-corrected chi connectivity index (χ4v) is 0.915. The van der Waals surface area contributed by atoms with Crippen LogP contribution in [0.2, 0.25) is 0 Å². The molecule has 0 aliphatic carbocycles. The van der Waals surface area contributed by atoms with Crippen LogP contribution in [0, 0.1) is 40.1 Å². The molecule has 0 radical (unpaired) electrons. The largest absolute Gasteiger partial charge is 0.204 e. The monoisotopic (exact) mass is 208 g/mol. The summed E-state index contributed by atoms with van der Waals surface area (Å²) in [6.45, 7) is 0. The average Bonchev–Trinajstić information content (AvgIpc) is 2.22. The van der Waals surface area contributed by atoms with Crippen LogP contribution in [-0.4, -0.2) is 0 Å². The van der Waals surface area contributed by atoms with Gasteiger partial charge < -0.3 is 0 Å². The van der Waals surface area contributed by atoms with Gasteiger partial charge in [-0.1, -0.05) is 0 Å². The maximum absolute atomic E-state index is 12.7. The quantitative estimate of drug-likeness (QED) is 0.525. The number of benzene rings is 1. The lowest BCUT2D eigenvalue weighted by Crippen LogP contribution is -1.91. The predicted octanol–water partition coefficient (Wildman–Crippen LogP) is 2.53. The molecule has 2 nitrogen and oxygen atoms in total. The summed E-state index contributed by atoms with van der Waals surface area (Å²) >= 11 is 0. The molecule has 1 aromatic rings. The first kappa shape index (κ1) is 10.8. The third-order valence-corrected chi connectivity index (χ3v) is 1.56. The van der Waals surface area contributed by atoms with Crippen molar-refractivity contribution in [2.45, 2.75) is 0 Å². The molecule has 0 bridgehead atoms. The smallest absolute Gasteiger partial charge is 0.194 e. The van der Waals surface area contributed by atoms with Crippen LogP contribution in [-0.2, 0) is 0 Å². The lowest BCUT2D eigenvalue weighted by Gasteiger charge is -1.97. The molecule has 0 saturated carbocycles. The minimum absolute atomic E-state index is 0.0792. The molecule has 15 heavy (non-hydrogen) atoms. The lowest BCUT2D eigenvalue weighted by atomic mass is 10.1. The fourth-order valence-electron chi connectivity index (χ4n) is 0.915. The summed E-state index contributed by atoms with van der Waals surface area (Å²) in [4.78, 5) is 0. The van der Waals surface area contributed by atoms with Crippen molar-refractivity contribution < 1.29 is 13.2 Å². The van der Waals surface area contributed by atoms with Crippen LogP contribution in [0.15, 0.2) is 17.7 Å². The molecule has 0 amide bonds. The summed E-state index contributed by atoms with van der Waals surface area (Å²) in [6, 6.07) is 4.43. The highest BCUT2D eigenvalue weighted by molar-refractivity contribution is 5.61. The first-order chi connectivity index (χ1) is 7.08. The van der Waals surface area contributed by atoms with E-state index in [2.05, 4.69) is 0 Å². The van der Waals surface area contributed by atoms with Gasteiger partial charge in [-0.2, -0.15) is 10.5 Å². The van der Waals surface area contributed by atoms with Crippen molar-refractivity contribution in [3.63, 3.8) is 0 Å². The Morgan fingerprint density at radius 2 is 1.53 bits per heavy atom. The van der Waals surface area contributed by atoms with Gasteiger partial charge in [-0.15, -0.1) is 0 Å². The molecule has 0 unspecified atom stereocenters. The lowest BCUT2D eigenvalue weighted by molar-refractivity contribution is 0.447. The second kappa shape index (κ2) is 4.30. The van der Waals surface area contributed by atoms with Gasteiger partial charge in [0.25, 0.3) is 0 Å². The first-order valence-electron chi connectivity index (χ1n) is 3.75. The van der Waals surface area contributed by atoms with Crippen molar-refractivity contribution in [3.8, 4) is 12.1 Å². The van der Waals surface area contributed by atoms with Gasteiger partial charge in [-0.05, 0) is 23.8 Å². The van der Waals surface area contributed by atoms with Gasteiger partial charge in [0.15, 0.2) is 17.5 Å². The molecule has 0 atom stereocenters. The molecule has 0 heterocycles. The summed E-state index contributed by atoms with van der Waals surface area (Å²) in [5, 5.41) is 16.8. The topological polar surface area (TPSA) is 47.6 Å². The highest BCUT2D eigenvalue weighted by Crippen LogP contribution is 2.15. The Kier molecular flexibility index (Phi) is 3.10.